The highest BCUT2D eigenvalue weighted by Gasteiger charge is 2.34. The number of carbonyl (C=O) groups is 1. The zero-order chi connectivity index (χ0) is 20.1. The maximum Gasteiger partial charge on any atom is 0.256 e. The Morgan fingerprint density at radius 2 is 1.85 bits per heavy atom. The number of benzene rings is 1. The Balaban J connectivity index is 2.88. The molecule has 27 heavy (non-hydrogen) atoms. The molecule has 0 fully saturated rings. The van der Waals surface area contributed by atoms with E-state index >= 15 is 0 Å². The molecule has 150 valence electrons. The van der Waals surface area contributed by atoms with E-state index in [4.69, 9.17) is 9.47 Å². The molecule has 1 atom stereocenters. The molecule has 1 amide bonds. The van der Waals surface area contributed by atoms with Gasteiger partial charge in [-0.3, -0.25) is 4.79 Å². The quantitative estimate of drug-likeness (QED) is 0.467. The van der Waals surface area contributed by atoms with Crippen molar-refractivity contribution in [2.24, 2.45) is 0 Å². The van der Waals surface area contributed by atoms with Gasteiger partial charge in [-0.2, -0.15) is 5.26 Å². The number of rotatable bonds is 13. The van der Waals surface area contributed by atoms with E-state index in [0.29, 0.717) is 36.6 Å². The molecule has 0 radical (unpaired) electrons. The van der Waals surface area contributed by atoms with Gasteiger partial charge in [0.2, 0.25) is 0 Å². The second-order valence-corrected chi connectivity index (χ2v) is 7.01. The fourth-order valence-electron chi connectivity index (χ4n) is 2.69. The molecule has 0 saturated heterocycles. The molecule has 5 heteroatoms. The van der Waals surface area contributed by atoms with Crippen LogP contribution in [0, 0.1) is 11.3 Å². The zero-order valence-electron chi connectivity index (χ0n) is 17.3. The van der Waals surface area contributed by atoms with Crippen molar-refractivity contribution in [3.63, 3.8) is 0 Å². The summed E-state index contributed by atoms with van der Waals surface area (Å²) >= 11 is 0. The molecule has 1 N–H and O–H groups in total. The number of carbonyl (C=O) groups excluding carboxylic acids is 1. The molecule has 0 aliphatic carbocycles. The summed E-state index contributed by atoms with van der Waals surface area (Å²) in [6.45, 7) is 9.24. The van der Waals surface area contributed by atoms with Crippen LogP contribution in [0.15, 0.2) is 18.2 Å². The predicted molar refractivity (Wildman–Crippen MR) is 109 cm³/mol. The molecule has 1 rings (SSSR count). The normalized spacial score (nSPS) is 12.9. The Morgan fingerprint density at radius 3 is 2.48 bits per heavy atom. The van der Waals surface area contributed by atoms with Gasteiger partial charge in [-0.15, -0.1) is 0 Å². The number of hydrogen-bond acceptors (Lipinski definition) is 4. The number of ether oxygens (including phenoxy) is 2. The first kappa shape index (κ1) is 23.0. The fraction of sp³-hybridized carbons (Fsp3) is 0.636. The zero-order valence-corrected chi connectivity index (χ0v) is 17.3. The monoisotopic (exact) mass is 374 g/mol. The smallest absolute Gasteiger partial charge is 0.256 e. The third-order valence-electron chi connectivity index (χ3n) is 4.49. The lowest BCUT2D eigenvalue weighted by molar-refractivity contribution is -0.140. The first-order valence-electron chi connectivity index (χ1n) is 10.1. The average Bonchev–Trinajstić information content (AvgIpc) is 2.67. The summed E-state index contributed by atoms with van der Waals surface area (Å²) in [5.74, 6) is 0.439. The van der Waals surface area contributed by atoms with Gasteiger partial charge < -0.3 is 14.8 Å². The summed E-state index contributed by atoms with van der Waals surface area (Å²) in [5.41, 5.74) is -0.00954. The van der Waals surface area contributed by atoms with Gasteiger partial charge in [-0.1, -0.05) is 46.5 Å². The SMILES string of the molecule is CCCCCC(C)(OCCC)C(=O)Nc1ccc(OCCCC)cc1C#N. The summed E-state index contributed by atoms with van der Waals surface area (Å²) in [7, 11) is 0. The number of unbranched alkanes of at least 4 members (excludes halogenated alkanes) is 3. The van der Waals surface area contributed by atoms with Gasteiger partial charge in [0, 0.05) is 6.61 Å². The standard InChI is InChI=1S/C22H34N2O3/c1-5-8-10-13-22(4,27-14-7-3)21(25)24-20-12-11-19(16-18(20)17-23)26-15-9-6-2/h11-12,16H,5-10,13-15H2,1-4H3,(H,24,25). The molecular formula is C22H34N2O3. The third-order valence-corrected chi connectivity index (χ3v) is 4.49. The topological polar surface area (TPSA) is 71.3 Å². The summed E-state index contributed by atoms with van der Waals surface area (Å²) in [4.78, 5) is 12.9. The Labute approximate surface area is 164 Å². The van der Waals surface area contributed by atoms with Gasteiger partial charge in [0.05, 0.1) is 17.9 Å². The van der Waals surface area contributed by atoms with Crippen LogP contribution in [0.1, 0.15) is 78.2 Å². The molecule has 0 aliphatic rings. The summed E-state index contributed by atoms with van der Waals surface area (Å²) in [6.07, 6.45) is 6.60. The van der Waals surface area contributed by atoms with Gasteiger partial charge in [0.25, 0.3) is 5.91 Å². The molecule has 0 saturated carbocycles. The molecular weight excluding hydrogens is 340 g/mol. The van der Waals surface area contributed by atoms with Crippen molar-refractivity contribution in [2.75, 3.05) is 18.5 Å². The number of nitriles is 1. The van der Waals surface area contributed by atoms with Crippen LogP contribution in [0.25, 0.3) is 0 Å². The Bertz CT molecular complexity index is 624. The lowest BCUT2D eigenvalue weighted by Crippen LogP contribution is -2.43. The van der Waals surface area contributed by atoms with Crippen molar-refractivity contribution in [2.45, 2.75) is 78.2 Å². The van der Waals surface area contributed by atoms with Gasteiger partial charge in [0.15, 0.2) is 0 Å². The molecule has 1 aromatic carbocycles. The number of anilines is 1. The summed E-state index contributed by atoms with van der Waals surface area (Å²) < 4.78 is 11.5. The minimum absolute atomic E-state index is 0.205. The van der Waals surface area contributed by atoms with Gasteiger partial charge >= 0.3 is 0 Å². The Kier molecular flexibility index (Phi) is 10.5. The van der Waals surface area contributed by atoms with E-state index in [0.717, 1.165) is 38.5 Å². The lowest BCUT2D eigenvalue weighted by atomic mass is 9.96. The van der Waals surface area contributed by atoms with E-state index < -0.39 is 5.60 Å². The molecule has 0 bridgehead atoms. The molecule has 0 heterocycles. The van der Waals surface area contributed by atoms with Crippen LogP contribution in [-0.2, 0) is 9.53 Å². The summed E-state index contributed by atoms with van der Waals surface area (Å²) in [6, 6.07) is 7.33. The van der Waals surface area contributed by atoms with Crippen LogP contribution in [0.5, 0.6) is 5.75 Å². The van der Waals surface area contributed by atoms with Gasteiger partial charge in [0.1, 0.15) is 17.4 Å². The first-order valence-corrected chi connectivity index (χ1v) is 10.1. The van der Waals surface area contributed by atoms with E-state index in [1.165, 1.54) is 0 Å². The average molecular weight is 375 g/mol. The number of nitrogens with one attached hydrogen (secondary N) is 1. The first-order chi connectivity index (χ1) is 13.0. The van der Waals surface area contributed by atoms with Crippen LogP contribution < -0.4 is 10.1 Å². The van der Waals surface area contributed by atoms with Crippen LogP contribution >= 0.6 is 0 Å². The molecule has 1 aromatic rings. The van der Waals surface area contributed by atoms with E-state index in [9.17, 15) is 10.1 Å². The van der Waals surface area contributed by atoms with Crippen molar-refractivity contribution in [3.8, 4) is 11.8 Å². The number of amides is 1. The van der Waals surface area contributed by atoms with Crippen molar-refractivity contribution in [1.82, 2.24) is 0 Å². The number of nitrogens with zero attached hydrogens (tertiary/aromatic N) is 1. The highest BCUT2D eigenvalue weighted by Crippen LogP contribution is 2.26. The molecule has 0 aromatic heterocycles. The second-order valence-electron chi connectivity index (χ2n) is 7.01. The lowest BCUT2D eigenvalue weighted by Gasteiger charge is -2.29. The molecule has 0 aliphatic heterocycles. The van der Waals surface area contributed by atoms with Gasteiger partial charge in [-0.05, 0) is 44.4 Å². The van der Waals surface area contributed by atoms with E-state index in [-0.39, 0.29) is 5.91 Å². The molecule has 1 unspecified atom stereocenters. The minimum Gasteiger partial charge on any atom is -0.494 e. The largest absolute Gasteiger partial charge is 0.494 e. The van der Waals surface area contributed by atoms with E-state index in [2.05, 4.69) is 25.2 Å². The van der Waals surface area contributed by atoms with E-state index in [1.54, 1.807) is 18.2 Å². The van der Waals surface area contributed by atoms with E-state index in [1.807, 2.05) is 13.8 Å². The second kappa shape index (κ2) is 12.3. The fourth-order valence-corrected chi connectivity index (χ4v) is 2.69. The number of hydrogen-bond donors (Lipinski definition) is 1. The Morgan fingerprint density at radius 1 is 1.11 bits per heavy atom. The van der Waals surface area contributed by atoms with Crippen molar-refractivity contribution < 1.29 is 14.3 Å². The summed E-state index contributed by atoms with van der Waals surface area (Å²) in [5, 5.41) is 12.3. The molecule has 0 spiro atoms. The highest BCUT2D eigenvalue weighted by atomic mass is 16.5. The highest BCUT2D eigenvalue weighted by molar-refractivity contribution is 5.98. The van der Waals surface area contributed by atoms with Crippen LogP contribution in [0.2, 0.25) is 0 Å². The van der Waals surface area contributed by atoms with Crippen LogP contribution in [0.3, 0.4) is 0 Å². The minimum atomic E-state index is -0.895. The van der Waals surface area contributed by atoms with Crippen LogP contribution in [0.4, 0.5) is 5.69 Å². The maximum absolute atomic E-state index is 12.9. The third kappa shape index (κ3) is 7.60. The van der Waals surface area contributed by atoms with Crippen molar-refractivity contribution in [3.05, 3.63) is 23.8 Å². The van der Waals surface area contributed by atoms with Gasteiger partial charge in [-0.25, -0.2) is 0 Å². The van der Waals surface area contributed by atoms with Crippen LogP contribution in [-0.4, -0.2) is 24.7 Å². The Hall–Kier alpha value is -2.06. The maximum atomic E-state index is 12.9. The van der Waals surface area contributed by atoms with Crippen molar-refractivity contribution >= 4 is 11.6 Å². The van der Waals surface area contributed by atoms with Crippen molar-refractivity contribution in [1.29, 1.82) is 5.26 Å². The predicted octanol–water partition coefficient (Wildman–Crippen LogP) is 5.44. The molecule has 5 nitrogen and oxygen atoms in total.